The summed E-state index contributed by atoms with van der Waals surface area (Å²) in [6, 6.07) is 5.50. The molecule has 1 aliphatic heterocycles. The van der Waals surface area contributed by atoms with Gasteiger partial charge in [0.2, 0.25) is 12.0 Å². The number of H-pyrrole nitrogens is 1. The summed E-state index contributed by atoms with van der Waals surface area (Å²) in [5.74, 6) is 0.588. The second-order valence-electron chi connectivity index (χ2n) is 5.87. The predicted molar refractivity (Wildman–Crippen MR) is 90.1 cm³/mol. The molecular weight excluding hydrogens is 362 g/mol. The first-order valence-electron chi connectivity index (χ1n) is 7.93. The van der Waals surface area contributed by atoms with Gasteiger partial charge >= 0.3 is 16.9 Å². The Morgan fingerprint density at radius 3 is 2.92 bits per heavy atom. The van der Waals surface area contributed by atoms with Crippen LogP contribution in [0.5, 0.6) is 0 Å². The lowest BCUT2D eigenvalue weighted by atomic mass is 10.2. The number of aliphatic hydroxyl groups is 2. The third kappa shape index (κ3) is 2.92. The van der Waals surface area contributed by atoms with E-state index in [0.717, 1.165) is 4.88 Å². The van der Waals surface area contributed by atoms with Gasteiger partial charge in [-0.3, -0.25) is 14.3 Å². The van der Waals surface area contributed by atoms with Gasteiger partial charge in [0, 0.05) is 11.2 Å². The van der Waals surface area contributed by atoms with Gasteiger partial charge in [0.15, 0.2) is 0 Å². The van der Waals surface area contributed by atoms with Crippen molar-refractivity contribution >= 4 is 11.3 Å². The van der Waals surface area contributed by atoms with E-state index in [9.17, 15) is 19.8 Å². The summed E-state index contributed by atoms with van der Waals surface area (Å²) in [4.78, 5) is 27.5. The molecule has 0 aromatic carbocycles. The van der Waals surface area contributed by atoms with E-state index in [0.29, 0.717) is 5.76 Å². The van der Waals surface area contributed by atoms with E-state index in [2.05, 4.69) is 4.98 Å². The molecule has 0 unspecified atom stereocenters. The van der Waals surface area contributed by atoms with Crippen molar-refractivity contribution in [3.8, 4) is 16.3 Å². The Kier molecular flexibility index (Phi) is 4.32. The van der Waals surface area contributed by atoms with Gasteiger partial charge in [-0.1, -0.05) is 6.07 Å². The Hall–Kier alpha value is -2.53. The average Bonchev–Trinajstić information content (AvgIpc) is 3.35. The highest BCUT2D eigenvalue weighted by molar-refractivity contribution is 7.13. The third-order valence-electron chi connectivity index (χ3n) is 4.20. The van der Waals surface area contributed by atoms with Crippen molar-refractivity contribution in [1.82, 2.24) is 9.55 Å². The van der Waals surface area contributed by atoms with Gasteiger partial charge < -0.3 is 14.9 Å². The van der Waals surface area contributed by atoms with Crippen LogP contribution in [-0.4, -0.2) is 38.6 Å². The number of nitrogens with zero attached hydrogens (tertiary/aromatic N) is 2. The molecule has 4 rings (SSSR count). The molecule has 1 saturated heterocycles. The molecule has 4 heterocycles. The number of rotatable bonds is 4. The minimum absolute atomic E-state index is 0.0953. The number of thiophene rings is 1. The normalized spacial score (nSPS) is 22.8. The molecule has 3 aromatic rings. The molecule has 1 aliphatic rings. The number of hydrogen-bond donors (Lipinski definition) is 3. The van der Waals surface area contributed by atoms with Crippen molar-refractivity contribution in [1.29, 1.82) is 0 Å². The van der Waals surface area contributed by atoms with Crippen LogP contribution >= 0.6 is 11.3 Å². The van der Waals surface area contributed by atoms with E-state index in [1.165, 1.54) is 26.8 Å². The van der Waals surface area contributed by atoms with Gasteiger partial charge in [0.1, 0.15) is 12.3 Å². The maximum absolute atomic E-state index is 12.2. The van der Waals surface area contributed by atoms with Crippen molar-refractivity contribution in [2.75, 3.05) is 6.61 Å². The maximum atomic E-state index is 12.2. The summed E-state index contributed by atoms with van der Waals surface area (Å²) >= 11 is 1.50. The summed E-state index contributed by atoms with van der Waals surface area (Å²) in [6.07, 6.45) is 0.561. The molecule has 0 aliphatic carbocycles. The van der Waals surface area contributed by atoms with Gasteiger partial charge in [0.25, 0.3) is 0 Å². The largest absolute Gasteiger partial charge is 0.394 e. The smallest absolute Gasteiger partial charge is 0.338 e. The quantitative estimate of drug-likeness (QED) is 0.540. The Morgan fingerprint density at radius 1 is 1.38 bits per heavy atom. The van der Waals surface area contributed by atoms with Crippen LogP contribution in [0.15, 0.2) is 50.1 Å². The molecule has 3 atom stereocenters. The molecule has 0 spiro atoms. The molecule has 1 fully saturated rings. The Labute approximate surface area is 150 Å². The Morgan fingerprint density at radius 2 is 2.23 bits per heavy atom. The molecular formula is C16H16N3O6S+. The lowest BCUT2D eigenvalue weighted by molar-refractivity contribution is -0.783. The first kappa shape index (κ1) is 16.9. The molecule has 3 N–H and O–H groups in total. The number of hydrogen-bond acceptors (Lipinski definition) is 7. The molecule has 0 radical (unpaired) electrons. The van der Waals surface area contributed by atoms with Crippen molar-refractivity contribution < 1.29 is 24.2 Å². The lowest BCUT2D eigenvalue weighted by Crippen LogP contribution is -2.42. The highest BCUT2D eigenvalue weighted by Gasteiger charge is 2.36. The van der Waals surface area contributed by atoms with E-state index < -0.39 is 29.7 Å². The van der Waals surface area contributed by atoms with E-state index in [1.54, 1.807) is 12.3 Å². The molecule has 3 aromatic heterocycles. The van der Waals surface area contributed by atoms with Crippen LogP contribution in [0.2, 0.25) is 0 Å². The summed E-state index contributed by atoms with van der Waals surface area (Å²) in [7, 11) is 0. The fourth-order valence-corrected chi connectivity index (χ4v) is 3.56. The molecule has 10 heteroatoms. The second-order valence-corrected chi connectivity index (χ2v) is 6.82. The van der Waals surface area contributed by atoms with Gasteiger partial charge in [-0.15, -0.1) is 11.3 Å². The first-order chi connectivity index (χ1) is 12.6. The van der Waals surface area contributed by atoms with Crippen LogP contribution in [-0.2, 0) is 4.74 Å². The Bertz CT molecular complexity index is 1020. The van der Waals surface area contributed by atoms with Crippen molar-refractivity contribution in [3.05, 3.63) is 56.8 Å². The highest BCUT2D eigenvalue weighted by Crippen LogP contribution is 2.27. The third-order valence-corrected chi connectivity index (χ3v) is 5.09. The van der Waals surface area contributed by atoms with E-state index in [-0.39, 0.29) is 18.7 Å². The van der Waals surface area contributed by atoms with Crippen molar-refractivity contribution in [2.24, 2.45) is 0 Å². The minimum atomic E-state index is -0.894. The first-order valence-corrected chi connectivity index (χ1v) is 8.81. The monoisotopic (exact) mass is 378 g/mol. The molecule has 0 amide bonds. The molecule has 136 valence electrons. The predicted octanol–water partition coefficient (Wildman–Crippen LogP) is -0.224. The highest BCUT2D eigenvalue weighted by atomic mass is 32.1. The molecule has 26 heavy (non-hydrogen) atoms. The van der Waals surface area contributed by atoms with Gasteiger partial charge in [0.05, 0.1) is 29.9 Å². The van der Waals surface area contributed by atoms with E-state index in [1.807, 2.05) is 17.5 Å². The zero-order valence-electron chi connectivity index (χ0n) is 13.4. The number of ether oxygens (including phenoxy) is 1. The standard InChI is InChI=1S/C16H15N3O6S/c20-8-12-10(21)6-14(24-12)18-7-9(15(22)17-16(18)23)19-4-3-11(25-19)13-2-1-5-26-13/h1-5,7,10,12,14,20-21H,6,8H2/p+1/t10-,12+,14+/m0/s1. The summed E-state index contributed by atoms with van der Waals surface area (Å²) in [5.41, 5.74) is -1.18. The Balaban J connectivity index is 1.72. The lowest BCUT2D eigenvalue weighted by Gasteiger charge is -2.13. The zero-order chi connectivity index (χ0) is 18.3. The van der Waals surface area contributed by atoms with E-state index >= 15 is 0 Å². The number of aromatic amines is 1. The fraction of sp³-hybridized carbons (Fsp3) is 0.312. The van der Waals surface area contributed by atoms with Crippen LogP contribution in [0.1, 0.15) is 12.6 Å². The van der Waals surface area contributed by atoms with Crippen LogP contribution < -0.4 is 16.0 Å². The van der Waals surface area contributed by atoms with Crippen molar-refractivity contribution in [2.45, 2.75) is 24.9 Å². The molecule has 0 saturated carbocycles. The fourth-order valence-electron chi connectivity index (χ4n) is 2.87. The van der Waals surface area contributed by atoms with E-state index in [4.69, 9.17) is 9.26 Å². The molecule has 9 nitrogen and oxygen atoms in total. The minimum Gasteiger partial charge on any atom is -0.394 e. The summed E-state index contributed by atoms with van der Waals surface area (Å²) < 4.78 is 13.6. The second kappa shape index (κ2) is 6.65. The van der Waals surface area contributed by atoms with Crippen molar-refractivity contribution in [3.63, 3.8) is 0 Å². The topological polar surface area (TPSA) is 122 Å². The van der Waals surface area contributed by atoms with Crippen LogP contribution in [0.4, 0.5) is 0 Å². The number of aliphatic hydroxyl groups excluding tert-OH is 2. The van der Waals surface area contributed by atoms with Gasteiger partial charge in [-0.2, -0.15) is 0 Å². The van der Waals surface area contributed by atoms with Crippen LogP contribution in [0.3, 0.4) is 0 Å². The van der Waals surface area contributed by atoms with Crippen LogP contribution in [0.25, 0.3) is 16.3 Å². The van der Waals surface area contributed by atoms with Crippen LogP contribution in [0, 0.1) is 0 Å². The van der Waals surface area contributed by atoms with Gasteiger partial charge in [-0.05, 0) is 11.4 Å². The number of aromatic nitrogens is 3. The number of nitrogens with one attached hydrogen (secondary N) is 1. The SMILES string of the molecule is O=c1[nH]c(=O)n([C@H]2C[C@H](O)[C@@H](CO)O2)cc1-[n+]1ccc(-c2cccs2)o1. The zero-order valence-corrected chi connectivity index (χ0v) is 14.3. The molecule has 0 bridgehead atoms. The summed E-state index contributed by atoms with van der Waals surface area (Å²) in [5, 5.41) is 21.0. The van der Waals surface area contributed by atoms with Gasteiger partial charge in [-0.25, -0.2) is 9.32 Å². The average molecular weight is 378 g/mol. The summed E-state index contributed by atoms with van der Waals surface area (Å²) in [6.45, 7) is -0.361. The maximum Gasteiger partial charge on any atom is 0.338 e.